The molecule has 1 unspecified atom stereocenters. The lowest BCUT2D eigenvalue weighted by molar-refractivity contribution is -0.242. The Morgan fingerprint density at radius 2 is 1.38 bits per heavy atom. The van der Waals surface area contributed by atoms with Crippen LogP contribution in [0.1, 0.15) is 110 Å². The smallest absolute Gasteiger partial charge is 0.150 e. The number of aliphatic hydroxyl groups is 1. The molecule has 4 atom stereocenters. The highest BCUT2D eigenvalue weighted by molar-refractivity contribution is 5.15. The maximum Gasteiger partial charge on any atom is 0.150 e. The van der Waals surface area contributed by atoms with Gasteiger partial charge in [-0.15, -0.1) is 0 Å². The molecule has 0 spiro atoms. The lowest BCUT2D eigenvalue weighted by atomic mass is 9.73. The molecule has 0 heterocycles. The summed E-state index contributed by atoms with van der Waals surface area (Å²) in [6.07, 6.45) is 10.5. The van der Waals surface area contributed by atoms with Crippen molar-refractivity contribution in [1.82, 2.24) is 4.90 Å². The lowest BCUT2D eigenvalue weighted by Gasteiger charge is -2.47. The lowest BCUT2D eigenvalue weighted by Crippen LogP contribution is -2.58. The summed E-state index contributed by atoms with van der Waals surface area (Å²) in [5, 5.41) is 11.8. The van der Waals surface area contributed by atoms with Crippen molar-refractivity contribution in [2.45, 2.75) is 136 Å². The highest BCUT2D eigenvalue weighted by Gasteiger charge is 2.54. The first-order valence-electron chi connectivity index (χ1n) is 16.5. The van der Waals surface area contributed by atoms with Gasteiger partial charge in [0, 0.05) is 19.4 Å². The Bertz CT molecular complexity index is 995. The fourth-order valence-corrected chi connectivity index (χ4v) is 6.00. The Morgan fingerprint density at radius 3 is 1.98 bits per heavy atom. The number of unbranched alkanes of at least 4 members (excludes halogenated alkanes) is 5. The summed E-state index contributed by atoms with van der Waals surface area (Å²) < 4.78 is 20.3. The van der Waals surface area contributed by atoms with Gasteiger partial charge in [0.2, 0.25) is 0 Å². The molecule has 5 nitrogen and oxygen atoms in total. The zero-order chi connectivity index (χ0) is 30.5. The van der Waals surface area contributed by atoms with Crippen LogP contribution in [0.2, 0.25) is 0 Å². The molecule has 2 aromatic carbocycles. The van der Waals surface area contributed by atoms with Gasteiger partial charge < -0.3 is 19.3 Å². The molecule has 0 aliphatic heterocycles. The average molecular weight is 582 g/mol. The third-order valence-corrected chi connectivity index (χ3v) is 9.58. The number of ether oxygens (including phenoxy) is 3. The predicted octanol–water partition coefficient (Wildman–Crippen LogP) is 8.53. The second-order valence-electron chi connectivity index (χ2n) is 13.4. The fourth-order valence-electron chi connectivity index (χ4n) is 6.00. The Hall–Kier alpha value is -1.76. The summed E-state index contributed by atoms with van der Waals surface area (Å²) in [6, 6.07) is 20.7. The summed E-state index contributed by atoms with van der Waals surface area (Å²) in [7, 11) is 2.18. The van der Waals surface area contributed by atoms with Crippen LogP contribution in [0, 0.1) is 5.41 Å². The zero-order valence-electron chi connectivity index (χ0n) is 27.4. The molecule has 1 aliphatic rings. The fraction of sp³-hybridized carbons (Fsp3) is 0.676. The van der Waals surface area contributed by atoms with Gasteiger partial charge >= 0.3 is 0 Å². The van der Waals surface area contributed by atoms with Gasteiger partial charge in [-0.3, -0.25) is 4.90 Å². The molecule has 1 fully saturated rings. The van der Waals surface area contributed by atoms with E-state index in [4.69, 9.17) is 14.2 Å². The monoisotopic (exact) mass is 581 g/mol. The van der Waals surface area contributed by atoms with Gasteiger partial charge in [0.1, 0.15) is 6.10 Å². The molecule has 1 N–H and O–H groups in total. The van der Waals surface area contributed by atoms with Crippen molar-refractivity contribution in [2.75, 3.05) is 20.2 Å². The molecule has 0 saturated heterocycles. The van der Waals surface area contributed by atoms with E-state index >= 15 is 0 Å². The van der Waals surface area contributed by atoms with E-state index in [-0.39, 0.29) is 24.2 Å². The number of hydrogen-bond acceptors (Lipinski definition) is 5. The van der Waals surface area contributed by atoms with Crippen molar-refractivity contribution in [3.05, 3.63) is 71.8 Å². The topological polar surface area (TPSA) is 51.2 Å². The van der Waals surface area contributed by atoms with Crippen molar-refractivity contribution in [3.8, 4) is 0 Å². The van der Waals surface area contributed by atoms with Crippen LogP contribution in [0.25, 0.3) is 0 Å². The Labute approximate surface area is 257 Å². The number of likely N-dealkylation sites (N-methyl/N-ethyl adjacent to an activating group) is 1. The third-order valence-electron chi connectivity index (χ3n) is 9.58. The van der Waals surface area contributed by atoms with E-state index in [1.54, 1.807) is 0 Å². The van der Waals surface area contributed by atoms with Gasteiger partial charge in [-0.05, 0) is 43.4 Å². The van der Waals surface area contributed by atoms with E-state index in [0.29, 0.717) is 19.6 Å². The third kappa shape index (κ3) is 9.89. The van der Waals surface area contributed by atoms with E-state index in [0.717, 1.165) is 44.2 Å². The first kappa shape index (κ1) is 34.7. The van der Waals surface area contributed by atoms with Crippen LogP contribution in [0.5, 0.6) is 0 Å². The van der Waals surface area contributed by atoms with E-state index in [1.165, 1.54) is 31.2 Å². The largest absolute Gasteiger partial charge is 0.387 e. The number of rotatable bonds is 20. The highest BCUT2D eigenvalue weighted by Crippen LogP contribution is 2.43. The van der Waals surface area contributed by atoms with Crippen LogP contribution < -0.4 is 0 Å². The summed E-state index contributed by atoms with van der Waals surface area (Å²) in [4.78, 5) is 2.37. The van der Waals surface area contributed by atoms with Gasteiger partial charge in [-0.2, -0.15) is 0 Å². The van der Waals surface area contributed by atoms with Gasteiger partial charge in [-0.25, -0.2) is 0 Å². The van der Waals surface area contributed by atoms with Crippen molar-refractivity contribution in [1.29, 1.82) is 0 Å². The van der Waals surface area contributed by atoms with Crippen LogP contribution in [0.4, 0.5) is 0 Å². The number of hydrogen-bond donors (Lipinski definition) is 1. The van der Waals surface area contributed by atoms with Gasteiger partial charge in [0.15, 0.2) is 5.72 Å². The van der Waals surface area contributed by atoms with Crippen LogP contribution >= 0.6 is 0 Å². The summed E-state index contributed by atoms with van der Waals surface area (Å²) >= 11 is 0. The van der Waals surface area contributed by atoms with E-state index < -0.39 is 11.3 Å². The summed E-state index contributed by atoms with van der Waals surface area (Å²) in [5.74, 6) is 0. The average Bonchev–Trinajstić information content (AvgIpc) is 3.36. The number of benzene rings is 2. The second kappa shape index (κ2) is 16.9. The van der Waals surface area contributed by atoms with Crippen LogP contribution in [-0.4, -0.2) is 53.7 Å². The second-order valence-corrected chi connectivity index (χ2v) is 13.4. The predicted molar refractivity (Wildman–Crippen MR) is 173 cm³/mol. The molecular weight excluding hydrogens is 522 g/mol. The molecule has 1 saturated carbocycles. The Balaban J connectivity index is 1.85. The molecule has 0 aromatic heterocycles. The minimum absolute atomic E-state index is 0.00780. The van der Waals surface area contributed by atoms with Crippen LogP contribution in [-0.2, 0) is 27.4 Å². The molecule has 236 valence electrons. The molecule has 0 bridgehead atoms. The van der Waals surface area contributed by atoms with Crippen molar-refractivity contribution in [3.63, 3.8) is 0 Å². The normalized spacial score (nSPS) is 22.5. The standard InChI is InChI=1S/C37H59NO4/c1-7-9-11-12-19-25-38(6)37(42-30-36(5,39)35(3,4)24-10-8-2)27-33(40-28-31-20-15-13-16-21-31)26-34(37)41-29-32-22-17-14-18-23-32/h13-18,20-23,33-34,39H,7-12,19,24-30H2,1-6H3/t33-,34+,36?,37-/m1/s1. The minimum atomic E-state index is -0.982. The first-order chi connectivity index (χ1) is 20.1. The van der Waals surface area contributed by atoms with Gasteiger partial charge in [-0.1, -0.05) is 127 Å². The van der Waals surface area contributed by atoms with Crippen LogP contribution in [0.15, 0.2) is 60.7 Å². The van der Waals surface area contributed by atoms with Crippen molar-refractivity contribution in [2.24, 2.45) is 5.41 Å². The zero-order valence-corrected chi connectivity index (χ0v) is 27.4. The SMILES string of the molecule is CCCCCCCN(C)[C@@]1(OCC(C)(O)C(C)(C)CCCC)C[C@H](OCc2ccccc2)C[C@@H]1OCc1ccccc1. The number of nitrogens with zero attached hydrogens (tertiary/aromatic N) is 1. The van der Waals surface area contributed by atoms with E-state index in [2.05, 4.69) is 88.2 Å². The molecule has 3 rings (SSSR count). The quantitative estimate of drug-likeness (QED) is 0.125. The van der Waals surface area contributed by atoms with Crippen molar-refractivity contribution >= 4 is 0 Å². The summed E-state index contributed by atoms with van der Waals surface area (Å²) in [6.45, 7) is 13.0. The van der Waals surface area contributed by atoms with E-state index in [9.17, 15) is 5.11 Å². The van der Waals surface area contributed by atoms with E-state index in [1.807, 2.05) is 19.1 Å². The molecular formula is C37H59NO4. The maximum absolute atomic E-state index is 11.8. The molecule has 5 heteroatoms. The Kier molecular flexibility index (Phi) is 14.0. The highest BCUT2D eigenvalue weighted by atomic mass is 16.6. The van der Waals surface area contributed by atoms with Gasteiger partial charge in [0.25, 0.3) is 0 Å². The van der Waals surface area contributed by atoms with Gasteiger partial charge in [0.05, 0.1) is 31.5 Å². The molecule has 0 radical (unpaired) electrons. The molecule has 0 amide bonds. The molecule has 1 aliphatic carbocycles. The maximum atomic E-state index is 11.8. The summed E-state index contributed by atoms with van der Waals surface area (Å²) in [5.41, 5.74) is 0.374. The Morgan fingerprint density at radius 1 is 0.810 bits per heavy atom. The molecule has 2 aromatic rings. The molecule has 42 heavy (non-hydrogen) atoms. The minimum Gasteiger partial charge on any atom is -0.387 e. The van der Waals surface area contributed by atoms with Crippen LogP contribution in [0.3, 0.4) is 0 Å². The van der Waals surface area contributed by atoms with Crippen molar-refractivity contribution < 1.29 is 19.3 Å². The first-order valence-corrected chi connectivity index (χ1v) is 16.5.